The summed E-state index contributed by atoms with van der Waals surface area (Å²) in [6.45, 7) is 7.25. The molecule has 1 heterocycles. The van der Waals surface area contributed by atoms with Gasteiger partial charge < -0.3 is 10.7 Å². The second-order valence-corrected chi connectivity index (χ2v) is 4.55. The van der Waals surface area contributed by atoms with E-state index in [4.69, 9.17) is 5.73 Å². The molecule has 1 aromatic heterocycles. The summed E-state index contributed by atoms with van der Waals surface area (Å²) in [5.74, 6) is 0. The van der Waals surface area contributed by atoms with Gasteiger partial charge in [-0.15, -0.1) is 0 Å². The van der Waals surface area contributed by atoms with Gasteiger partial charge in [-0.2, -0.15) is 0 Å². The maximum absolute atomic E-state index is 5.58. The summed E-state index contributed by atoms with van der Waals surface area (Å²) in [5, 5.41) is 1.37. The van der Waals surface area contributed by atoms with E-state index in [1.165, 1.54) is 33.3 Å². The molecule has 0 saturated carbocycles. The SMILES string of the molecule is Cc1ccc2c(CCCN)c(C)[nH]c2c1C. The largest absolute Gasteiger partial charge is 0.358 e. The van der Waals surface area contributed by atoms with Crippen LogP contribution in [0.3, 0.4) is 0 Å². The Morgan fingerprint density at radius 2 is 1.94 bits per heavy atom. The zero-order valence-corrected chi connectivity index (χ0v) is 10.4. The lowest BCUT2D eigenvalue weighted by Crippen LogP contribution is -2.00. The molecule has 0 saturated heterocycles. The van der Waals surface area contributed by atoms with E-state index < -0.39 is 0 Å². The number of hydrogen-bond acceptors (Lipinski definition) is 1. The van der Waals surface area contributed by atoms with Gasteiger partial charge in [0.1, 0.15) is 0 Å². The smallest absolute Gasteiger partial charge is 0.0491 e. The number of aromatic amines is 1. The molecule has 0 aliphatic rings. The van der Waals surface area contributed by atoms with Gasteiger partial charge in [0.15, 0.2) is 0 Å². The highest BCUT2D eigenvalue weighted by molar-refractivity contribution is 5.88. The van der Waals surface area contributed by atoms with Crippen molar-refractivity contribution in [2.24, 2.45) is 5.73 Å². The molecular weight excluding hydrogens is 196 g/mol. The fraction of sp³-hybridized carbons (Fsp3) is 0.429. The average Bonchev–Trinajstić information content (AvgIpc) is 2.58. The number of H-pyrrole nitrogens is 1. The predicted octanol–water partition coefficient (Wildman–Crippen LogP) is 2.98. The average molecular weight is 216 g/mol. The van der Waals surface area contributed by atoms with Crippen molar-refractivity contribution >= 4 is 10.9 Å². The van der Waals surface area contributed by atoms with Gasteiger partial charge in [-0.1, -0.05) is 12.1 Å². The summed E-state index contributed by atoms with van der Waals surface area (Å²) in [4.78, 5) is 3.50. The molecule has 0 unspecified atom stereocenters. The minimum atomic E-state index is 0.761. The van der Waals surface area contributed by atoms with Gasteiger partial charge in [-0.3, -0.25) is 0 Å². The first-order valence-electron chi connectivity index (χ1n) is 5.92. The van der Waals surface area contributed by atoms with Crippen molar-refractivity contribution in [3.8, 4) is 0 Å². The Balaban J connectivity index is 2.58. The highest BCUT2D eigenvalue weighted by Crippen LogP contribution is 2.27. The minimum Gasteiger partial charge on any atom is -0.358 e. The zero-order valence-electron chi connectivity index (χ0n) is 10.4. The fourth-order valence-electron chi connectivity index (χ4n) is 2.29. The lowest BCUT2D eigenvalue weighted by Gasteiger charge is -2.02. The van der Waals surface area contributed by atoms with Gasteiger partial charge >= 0.3 is 0 Å². The Morgan fingerprint density at radius 1 is 1.19 bits per heavy atom. The van der Waals surface area contributed by atoms with Crippen LogP contribution in [0, 0.1) is 20.8 Å². The van der Waals surface area contributed by atoms with E-state index in [2.05, 4.69) is 37.9 Å². The molecule has 0 amide bonds. The van der Waals surface area contributed by atoms with Gasteiger partial charge in [0.25, 0.3) is 0 Å². The number of nitrogens with two attached hydrogens (primary N) is 1. The van der Waals surface area contributed by atoms with Gasteiger partial charge in [-0.05, 0) is 56.8 Å². The van der Waals surface area contributed by atoms with Crippen LogP contribution in [0.4, 0.5) is 0 Å². The molecule has 0 aliphatic carbocycles. The number of nitrogens with one attached hydrogen (secondary N) is 1. The third-order valence-corrected chi connectivity index (χ3v) is 3.46. The highest BCUT2D eigenvalue weighted by Gasteiger charge is 2.10. The van der Waals surface area contributed by atoms with Crippen LogP contribution >= 0.6 is 0 Å². The molecule has 2 aromatic rings. The van der Waals surface area contributed by atoms with Crippen LogP contribution in [0.1, 0.15) is 28.8 Å². The standard InChI is InChI=1S/C14H20N2/c1-9-6-7-13-12(5-4-8-15)11(3)16-14(13)10(9)2/h6-7,16H,4-5,8,15H2,1-3H3. The van der Waals surface area contributed by atoms with Crippen molar-refractivity contribution in [2.45, 2.75) is 33.6 Å². The van der Waals surface area contributed by atoms with Crippen LogP contribution in [0.25, 0.3) is 10.9 Å². The van der Waals surface area contributed by atoms with Gasteiger partial charge in [0.05, 0.1) is 0 Å². The van der Waals surface area contributed by atoms with E-state index >= 15 is 0 Å². The van der Waals surface area contributed by atoms with Crippen molar-refractivity contribution in [2.75, 3.05) is 6.54 Å². The fourth-order valence-corrected chi connectivity index (χ4v) is 2.29. The maximum atomic E-state index is 5.58. The minimum absolute atomic E-state index is 0.761. The van der Waals surface area contributed by atoms with E-state index in [0.29, 0.717) is 0 Å². The van der Waals surface area contributed by atoms with Crippen molar-refractivity contribution in [3.05, 3.63) is 34.5 Å². The van der Waals surface area contributed by atoms with Crippen molar-refractivity contribution in [1.29, 1.82) is 0 Å². The summed E-state index contributed by atoms with van der Waals surface area (Å²) < 4.78 is 0. The summed E-state index contributed by atoms with van der Waals surface area (Å²) in [7, 11) is 0. The van der Waals surface area contributed by atoms with Crippen LogP contribution in [0.5, 0.6) is 0 Å². The Hall–Kier alpha value is -1.28. The topological polar surface area (TPSA) is 41.8 Å². The van der Waals surface area contributed by atoms with Crippen LogP contribution < -0.4 is 5.73 Å². The van der Waals surface area contributed by atoms with E-state index in [0.717, 1.165) is 19.4 Å². The molecule has 1 aromatic carbocycles. The zero-order chi connectivity index (χ0) is 11.7. The molecular formula is C14H20N2. The molecule has 86 valence electrons. The molecule has 0 radical (unpaired) electrons. The first-order chi connectivity index (χ1) is 7.65. The molecule has 16 heavy (non-hydrogen) atoms. The Bertz CT molecular complexity index is 509. The van der Waals surface area contributed by atoms with E-state index in [9.17, 15) is 0 Å². The van der Waals surface area contributed by atoms with Crippen molar-refractivity contribution in [1.82, 2.24) is 4.98 Å². The predicted molar refractivity (Wildman–Crippen MR) is 69.9 cm³/mol. The number of rotatable bonds is 3. The van der Waals surface area contributed by atoms with E-state index in [1.807, 2.05) is 0 Å². The third-order valence-electron chi connectivity index (χ3n) is 3.46. The Kier molecular flexibility index (Phi) is 3.01. The Labute approximate surface area is 96.9 Å². The Morgan fingerprint density at radius 3 is 2.62 bits per heavy atom. The van der Waals surface area contributed by atoms with E-state index in [-0.39, 0.29) is 0 Å². The normalized spacial score (nSPS) is 11.2. The van der Waals surface area contributed by atoms with Gasteiger partial charge in [-0.25, -0.2) is 0 Å². The third kappa shape index (κ3) is 1.74. The first kappa shape index (κ1) is 11.2. The van der Waals surface area contributed by atoms with E-state index in [1.54, 1.807) is 0 Å². The van der Waals surface area contributed by atoms with Gasteiger partial charge in [0.2, 0.25) is 0 Å². The first-order valence-corrected chi connectivity index (χ1v) is 5.92. The van der Waals surface area contributed by atoms with Crippen LogP contribution in [-0.4, -0.2) is 11.5 Å². The number of aromatic nitrogens is 1. The second-order valence-electron chi connectivity index (χ2n) is 4.55. The second kappa shape index (κ2) is 4.30. The molecule has 2 heteroatoms. The summed E-state index contributed by atoms with van der Waals surface area (Å²) in [6.07, 6.45) is 2.13. The summed E-state index contributed by atoms with van der Waals surface area (Å²) >= 11 is 0. The van der Waals surface area contributed by atoms with Gasteiger partial charge in [0, 0.05) is 16.6 Å². The molecule has 0 bridgehead atoms. The molecule has 2 rings (SSSR count). The monoisotopic (exact) mass is 216 g/mol. The molecule has 0 fully saturated rings. The molecule has 0 atom stereocenters. The number of fused-ring (bicyclic) bond motifs is 1. The van der Waals surface area contributed by atoms with Crippen molar-refractivity contribution < 1.29 is 0 Å². The summed E-state index contributed by atoms with van der Waals surface area (Å²) in [6, 6.07) is 4.43. The molecule has 3 N–H and O–H groups in total. The maximum Gasteiger partial charge on any atom is 0.0491 e. The van der Waals surface area contributed by atoms with Crippen LogP contribution in [0.2, 0.25) is 0 Å². The number of hydrogen-bond donors (Lipinski definition) is 2. The van der Waals surface area contributed by atoms with Crippen LogP contribution in [-0.2, 0) is 6.42 Å². The quantitative estimate of drug-likeness (QED) is 0.813. The lowest BCUT2D eigenvalue weighted by atomic mass is 10.0. The summed E-state index contributed by atoms with van der Waals surface area (Å²) in [5.41, 5.74) is 12.3. The number of aryl methyl sites for hydroxylation is 4. The van der Waals surface area contributed by atoms with Crippen LogP contribution in [0.15, 0.2) is 12.1 Å². The van der Waals surface area contributed by atoms with Crippen molar-refractivity contribution in [3.63, 3.8) is 0 Å². The molecule has 0 aliphatic heterocycles. The number of benzene rings is 1. The highest BCUT2D eigenvalue weighted by atomic mass is 14.7. The molecule has 2 nitrogen and oxygen atoms in total. The molecule has 0 spiro atoms. The lowest BCUT2D eigenvalue weighted by molar-refractivity contribution is 0.831.